The third kappa shape index (κ3) is 4.80. The smallest absolute Gasteiger partial charge is 0.265 e. The van der Waals surface area contributed by atoms with Crippen LogP contribution in [0.25, 0.3) is 0 Å². The number of hydrogen-bond donors (Lipinski definition) is 1. The Balaban J connectivity index is 2.63. The molecule has 0 aromatic heterocycles. The van der Waals surface area contributed by atoms with Crippen molar-refractivity contribution in [3.05, 3.63) is 24.3 Å². The fraction of sp³-hybridized carbons (Fsp3) is 0.636. The molecule has 0 fully saturated rings. The van der Waals surface area contributed by atoms with Gasteiger partial charge in [0.05, 0.1) is 5.75 Å². The standard InChI is InChI=1S/C11H17BrO3S/c1-9(7-12)11(8-16(13,14)15)6-10-4-2-3-5-10/h2-5,9-11H,6-8H2,1H3,(H,13,14,15). The molecule has 0 radical (unpaired) electrons. The van der Waals surface area contributed by atoms with Crippen molar-refractivity contribution in [3.8, 4) is 0 Å². The lowest BCUT2D eigenvalue weighted by Gasteiger charge is -2.22. The highest BCUT2D eigenvalue weighted by Crippen LogP contribution is 2.26. The minimum atomic E-state index is -3.89. The summed E-state index contributed by atoms with van der Waals surface area (Å²) in [5, 5.41) is 0.743. The number of halogens is 1. The maximum atomic E-state index is 10.9. The quantitative estimate of drug-likeness (QED) is 0.606. The van der Waals surface area contributed by atoms with Gasteiger partial charge in [-0.1, -0.05) is 47.2 Å². The summed E-state index contributed by atoms with van der Waals surface area (Å²) >= 11 is 3.36. The summed E-state index contributed by atoms with van der Waals surface area (Å²) in [6.45, 7) is 1.99. The topological polar surface area (TPSA) is 54.4 Å². The monoisotopic (exact) mass is 308 g/mol. The molecular formula is C11H17BrO3S. The predicted molar refractivity (Wildman–Crippen MR) is 69.3 cm³/mol. The molecule has 0 aromatic rings. The Kier molecular flexibility index (Phi) is 5.21. The van der Waals surface area contributed by atoms with Gasteiger partial charge in [-0.05, 0) is 24.2 Å². The highest BCUT2D eigenvalue weighted by atomic mass is 79.9. The molecule has 0 amide bonds. The minimum absolute atomic E-state index is 0.0215. The Hall–Kier alpha value is -0.130. The van der Waals surface area contributed by atoms with E-state index in [2.05, 4.69) is 28.1 Å². The zero-order valence-electron chi connectivity index (χ0n) is 9.21. The molecule has 1 N–H and O–H groups in total. The zero-order valence-corrected chi connectivity index (χ0v) is 11.6. The number of hydrogen-bond acceptors (Lipinski definition) is 2. The van der Waals surface area contributed by atoms with E-state index in [-0.39, 0.29) is 17.6 Å². The molecule has 0 aliphatic heterocycles. The van der Waals surface area contributed by atoms with Crippen LogP contribution in [0, 0.1) is 17.8 Å². The van der Waals surface area contributed by atoms with Crippen molar-refractivity contribution in [1.29, 1.82) is 0 Å². The lowest BCUT2D eigenvalue weighted by atomic mass is 9.88. The highest BCUT2D eigenvalue weighted by molar-refractivity contribution is 9.09. The first-order valence-electron chi connectivity index (χ1n) is 5.28. The van der Waals surface area contributed by atoms with Crippen molar-refractivity contribution in [2.45, 2.75) is 13.3 Å². The molecule has 0 aromatic carbocycles. The summed E-state index contributed by atoms with van der Waals surface area (Å²) in [5.41, 5.74) is 0. The summed E-state index contributed by atoms with van der Waals surface area (Å²) in [6, 6.07) is 0. The molecule has 0 spiro atoms. The number of rotatable bonds is 6. The van der Waals surface area contributed by atoms with Crippen LogP contribution in [-0.2, 0) is 10.1 Å². The van der Waals surface area contributed by atoms with E-state index < -0.39 is 10.1 Å². The van der Waals surface area contributed by atoms with Crippen LogP contribution < -0.4 is 0 Å². The van der Waals surface area contributed by atoms with Crippen molar-refractivity contribution >= 4 is 26.0 Å². The lowest BCUT2D eigenvalue weighted by molar-refractivity contribution is 0.366. The maximum absolute atomic E-state index is 10.9. The molecule has 2 atom stereocenters. The van der Waals surface area contributed by atoms with Crippen molar-refractivity contribution in [1.82, 2.24) is 0 Å². The third-order valence-corrected chi connectivity index (χ3v) is 4.75. The van der Waals surface area contributed by atoms with Crippen molar-refractivity contribution in [2.24, 2.45) is 17.8 Å². The van der Waals surface area contributed by atoms with Crippen LogP contribution in [0.5, 0.6) is 0 Å². The number of alkyl halides is 1. The van der Waals surface area contributed by atoms with Crippen LogP contribution in [0.4, 0.5) is 0 Å². The molecule has 1 rings (SSSR count). The van der Waals surface area contributed by atoms with Gasteiger partial charge < -0.3 is 0 Å². The van der Waals surface area contributed by atoms with Crippen LogP contribution >= 0.6 is 15.9 Å². The Bertz CT molecular complexity index is 361. The minimum Gasteiger partial charge on any atom is -0.286 e. The molecule has 0 bridgehead atoms. The number of allylic oxidation sites excluding steroid dienone is 4. The van der Waals surface area contributed by atoms with Gasteiger partial charge in [0.1, 0.15) is 0 Å². The predicted octanol–water partition coefficient (Wildman–Crippen LogP) is 2.65. The van der Waals surface area contributed by atoms with E-state index in [0.29, 0.717) is 5.92 Å². The van der Waals surface area contributed by atoms with Crippen LogP contribution in [-0.4, -0.2) is 24.1 Å². The lowest BCUT2D eigenvalue weighted by Crippen LogP contribution is -2.24. The molecule has 5 heteroatoms. The van der Waals surface area contributed by atoms with E-state index in [0.717, 1.165) is 11.8 Å². The van der Waals surface area contributed by atoms with Gasteiger partial charge in [-0.3, -0.25) is 4.55 Å². The summed E-state index contributed by atoms with van der Waals surface area (Å²) in [6.07, 6.45) is 8.80. The van der Waals surface area contributed by atoms with Gasteiger partial charge in [0.15, 0.2) is 0 Å². The van der Waals surface area contributed by atoms with Gasteiger partial charge in [0, 0.05) is 5.33 Å². The van der Waals surface area contributed by atoms with E-state index in [9.17, 15) is 8.42 Å². The Labute approximate surface area is 105 Å². The second-order valence-corrected chi connectivity index (χ2v) is 6.45. The van der Waals surface area contributed by atoms with Crippen molar-refractivity contribution < 1.29 is 13.0 Å². The van der Waals surface area contributed by atoms with Gasteiger partial charge >= 0.3 is 0 Å². The van der Waals surface area contributed by atoms with E-state index in [4.69, 9.17) is 4.55 Å². The fourth-order valence-electron chi connectivity index (χ4n) is 1.85. The normalized spacial score (nSPS) is 20.2. The maximum Gasteiger partial charge on any atom is 0.265 e. The largest absolute Gasteiger partial charge is 0.286 e. The second kappa shape index (κ2) is 5.98. The molecule has 3 nitrogen and oxygen atoms in total. The molecule has 16 heavy (non-hydrogen) atoms. The summed E-state index contributed by atoms with van der Waals surface area (Å²) in [5.74, 6) is 0.349. The SMILES string of the molecule is CC(CBr)C(CC1C=CC=C1)CS(=O)(=O)O. The molecule has 1 aliphatic carbocycles. The van der Waals surface area contributed by atoms with Crippen molar-refractivity contribution in [2.75, 3.05) is 11.1 Å². The van der Waals surface area contributed by atoms with Crippen LogP contribution in [0.15, 0.2) is 24.3 Å². The molecular weight excluding hydrogens is 292 g/mol. The summed E-state index contributed by atoms with van der Waals surface area (Å²) in [7, 11) is -3.89. The highest BCUT2D eigenvalue weighted by Gasteiger charge is 2.24. The fourth-order valence-corrected chi connectivity index (χ4v) is 3.38. The molecule has 0 heterocycles. The molecule has 2 unspecified atom stereocenters. The Morgan fingerprint density at radius 1 is 1.38 bits per heavy atom. The van der Waals surface area contributed by atoms with Gasteiger partial charge in [0.25, 0.3) is 10.1 Å². The van der Waals surface area contributed by atoms with E-state index >= 15 is 0 Å². The molecule has 92 valence electrons. The van der Waals surface area contributed by atoms with Gasteiger partial charge in [-0.2, -0.15) is 8.42 Å². The first kappa shape index (κ1) is 13.9. The zero-order chi connectivity index (χ0) is 12.2. The molecule has 1 aliphatic rings. The summed E-state index contributed by atoms with van der Waals surface area (Å²) in [4.78, 5) is 0. The van der Waals surface area contributed by atoms with E-state index in [1.165, 1.54) is 0 Å². The molecule has 0 saturated carbocycles. The van der Waals surface area contributed by atoms with E-state index in [1.807, 2.05) is 19.1 Å². The summed E-state index contributed by atoms with van der Waals surface area (Å²) < 4.78 is 30.8. The van der Waals surface area contributed by atoms with Crippen molar-refractivity contribution in [3.63, 3.8) is 0 Å². The van der Waals surface area contributed by atoms with Gasteiger partial charge in [-0.25, -0.2) is 0 Å². The Morgan fingerprint density at radius 3 is 2.38 bits per heavy atom. The second-order valence-electron chi connectivity index (χ2n) is 4.31. The average Bonchev–Trinajstić information content (AvgIpc) is 2.66. The first-order chi connectivity index (χ1) is 7.42. The third-order valence-electron chi connectivity index (χ3n) is 2.88. The van der Waals surface area contributed by atoms with Gasteiger partial charge in [-0.15, -0.1) is 0 Å². The van der Waals surface area contributed by atoms with Crippen LogP contribution in [0.2, 0.25) is 0 Å². The Morgan fingerprint density at radius 2 is 1.94 bits per heavy atom. The van der Waals surface area contributed by atoms with Crippen LogP contribution in [0.1, 0.15) is 13.3 Å². The van der Waals surface area contributed by atoms with Gasteiger partial charge in [0.2, 0.25) is 0 Å². The average molecular weight is 309 g/mol. The first-order valence-corrected chi connectivity index (χ1v) is 8.01. The molecule has 0 saturated heterocycles. The van der Waals surface area contributed by atoms with Crippen LogP contribution in [0.3, 0.4) is 0 Å². The van der Waals surface area contributed by atoms with E-state index in [1.54, 1.807) is 0 Å².